The molecule has 1 saturated carbocycles. The highest BCUT2D eigenvalue weighted by Crippen LogP contribution is 2.38. The summed E-state index contributed by atoms with van der Waals surface area (Å²) in [7, 11) is 0. The Morgan fingerprint density at radius 1 is 1.37 bits per heavy atom. The van der Waals surface area contributed by atoms with Gasteiger partial charge in [0.25, 0.3) is 0 Å². The number of rotatable bonds is 5. The molecule has 1 aliphatic carbocycles. The van der Waals surface area contributed by atoms with Gasteiger partial charge < -0.3 is 15.8 Å². The molecular formula is C14H27N3O2. The van der Waals surface area contributed by atoms with E-state index >= 15 is 0 Å². The van der Waals surface area contributed by atoms with Gasteiger partial charge in [0.05, 0.1) is 0 Å². The van der Waals surface area contributed by atoms with Crippen LogP contribution in [0.3, 0.4) is 0 Å². The molecule has 0 aromatic heterocycles. The number of carbonyl (C=O) groups excluding carboxylic acids is 1. The first-order chi connectivity index (χ1) is 8.97. The maximum Gasteiger partial charge on any atom is 0.236 e. The number of oxime groups is 1. The third kappa shape index (κ3) is 3.39. The molecule has 5 nitrogen and oxygen atoms in total. The van der Waals surface area contributed by atoms with Gasteiger partial charge in [-0.15, -0.1) is 0 Å². The van der Waals surface area contributed by atoms with Crippen LogP contribution in [0.25, 0.3) is 0 Å². The van der Waals surface area contributed by atoms with Gasteiger partial charge in [-0.1, -0.05) is 38.3 Å². The fourth-order valence-electron chi connectivity index (χ4n) is 2.93. The normalized spacial score (nSPS) is 19.5. The highest BCUT2D eigenvalue weighted by molar-refractivity contribution is 6.06. The molecule has 1 rings (SSSR count). The SMILES string of the molecule is CCN(CC(C)C)C(=O)C1(C(N)=NO)CCCCC1. The molecule has 1 aliphatic rings. The maximum absolute atomic E-state index is 12.8. The Hall–Kier alpha value is -1.26. The van der Waals surface area contributed by atoms with Gasteiger partial charge in [0.2, 0.25) is 5.91 Å². The van der Waals surface area contributed by atoms with Crippen molar-refractivity contribution in [2.75, 3.05) is 13.1 Å². The van der Waals surface area contributed by atoms with Crippen molar-refractivity contribution in [1.29, 1.82) is 0 Å². The van der Waals surface area contributed by atoms with E-state index in [1.165, 1.54) is 0 Å². The molecule has 0 heterocycles. The van der Waals surface area contributed by atoms with Crippen LogP contribution in [0.4, 0.5) is 0 Å². The number of carbonyl (C=O) groups is 1. The van der Waals surface area contributed by atoms with Gasteiger partial charge in [-0.05, 0) is 25.7 Å². The number of hydrogen-bond donors (Lipinski definition) is 2. The summed E-state index contributed by atoms with van der Waals surface area (Å²) in [5.41, 5.74) is 5.08. The van der Waals surface area contributed by atoms with Crippen molar-refractivity contribution in [3.8, 4) is 0 Å². The number of nitrogens with two attached hydrogens (primary N) is 1. The van der Waals surface area contributed by atoms with Crippen LogP contribution >= 0.6 is 0 Å². The zero-order valence-electron chi connectivity index (χ0n) is 12.4. The highest BCUT2D eigenvalue weighted by atomic mass is 16.4. The lowest BCUT2D eigenvalue weighted by Gasteiger charge is -2.39. The lowest BCUT2D eigenvalue weighted by Crippen LogP contribution is -2.53. The molecule has 19 heavy (non-hydrogen) atoms. The zero-order valence-corrected chi connectivity index (χ0v) is 12.4. The molecule has 0 radical (unpaired) electrons. The third-order valence-electron chi connectivity index (χ3n) is 3.97. The monoisotopic (exact) mass is 269 g/mol. The second-order valence-electron chi connectivity index (χ2n) is 5.87. The van der Waals surface area contributed by atoms with Crippen molar-refractivity contribution in [2.45, 2.75) is 52.9 Å². The van der Waals surface area contributed by atoms with Crippen LogP contribution in [0, 0.1) is 11.3 Å². The Morgan fingerprint density at radius 3 is 2.37 bits per heavy atom. The van der Waals surface area contributed by atoms with E-state index in [0.29, 0.717) is 25.3 Å². The van der Waals surface area contributed by atoms with Crippen molar-refractivity contribution in [1.82, 2.24) is 4.90 Å². The van der Waals surface area contributed by atoms with E-state index in [1.807, 2.05) is 11.8 Å². The molecule has 0 atom stereocenters. The summed E-state index contributed by atoms with van der Waals surface area (Å²) in [5, 5.41) is 12.2. The van der Waals surface area contributed by atoms with E-state index in [-0.39, 0.29) is 11.7 Å². The standard InChI is InChI=1S/C14H27N3O2/c1-4-17(10-11(2)3)13(18)14(12(15)16-19)8-6-5-7-9-14/h11,19H,4-10H2,1-3H3,(H2,15,16). The van der Waals surface area contributed by atoms with Gasteiger partial charge in [0.1, 0.15) is 5.41 Å². The van der Waals surface area contributed by atoms with Gasteiger partial charge in [-0.25, -0.2) is 0 Å². The maximum atomic E-state index is 12.8. The van der Waals surface area contributed by atoms with Crippen LogP contribution in [0.15, 0.2) is 5.16 Å². The Morgan fingerprint density at radius 2 is 1.95 bits per heavy atom. The molecule has 0 unspecified atom stereocenters. The summed E-state index contributed by atoms with van der Waals surface area (Å²) < 4.78 is 0. The molecule has 0 aromatic carbocycles. The second kappa shape index (κ2) is 6.78. The third-order valence-corrected chi connectivity index (χ3v) is 3.97. The molecule has 1 amide bonds. The summed E-state index contributed by atoms with van der Waals surface area (Å²) in [5.74, 6) is 0.523. The summed E-state index contributed by atoms with van der Waals surface area (Å²) in [4.78, 5) is 14.7. The number of hydrogen-bond acceptors (Lipinski definition) is 3. The van der Waals surface area contributed by atoms with Gasteiger partial charge >= 0.3 is 0 Å². The lowest BCUT2D eigenvalue weighted by molar-refractivity contribution is -0.140. The zero-order chi connectivity index (χ0) is 14.5. The number of amidine groups is 1. The number of amides is 1. The fourth-order valence-corrected chi connectivity index (χ4v) is 2.93. The van der Waals surface area contributed by atoms with E-state index in [9.17, 15) is 4.79 Å². The van der Waals surface area contributed by atoms with E-state index in [0.717, 1.165) is 25.8 Å². The first kappa shape index (κ1) is 15.8. The Bertz CT molecular complexity index is 334. The van der Waals surface area contributed by atoms with Crippen LogP contribution in [0.2, 0.25) is 0 Å². The van der Waals surface area contributed by atoms with Crippen LogP contribution in [-0.2, 0) is 4.79 Å². The average Bonchev–Trinajstić information content (AvgIpc) is 2.43. The summed E-state index contributed by atoms with van der Waals surface area (Å²) in [6.07, 6.45) is 4.42. The summed E-state index contributed by atoms with van der Waals surface area (Å²) in [6.45, 7) is 7.54. The molecule has 1 fully saturated rings. The average molecular weight is 269 g/mol. The second-order valence-corrected chi connectivity index (χ2v) is 5.87. The first-order valence-electron chi connectivity index (χ1n) is 7.25. The van der Waals surface area contributed by atoms with Crippen LogP contribution in [0.1, 0.15) is 52.9 Å². The first-order valence-corrected chi connectivity index (χ1v) is 7.25. The van der Waals surface area contributed by atoms with Crippen LogP contribution < -0.4 is 5.73 Å². The Balaban J connectivity index is 2.99. The Kier molecular flexibility index (Phi) is 5.63. The van der Waals surface area contributed by atoms with E-state index < -0.39 is 5.41 Å². The van der Waals surface area contributed by atoms with Crippen molar-refractivity contribution in [3.63, 3.8) is 0 Å². The minimum absolute atomic E-state index is 0.0266. The van der Waals surface area contributed by atoms with E-state index in [1.54, 1.807) is 0 Å². The van der Waals surface area contributed by atoms with Crippen LogP contribution in [0.5, 0.6) is 0 Å². The van der Waals surface area contributed by atoms with Gasteiger partial charge in [-0.2, -0.15) is 0 Å². The molecule has 0 saturated heterocycles. The van der Waals surface area contributed by atoms with Gasteiger partial charge in [-0.3, -0.25) is 4.79 Å². The molecule has 0 aromatic rings. The fraction of sp³-hybridized carbons (Fsp3) is 0.857. The van der Waals surface area contributed by atoms with Crippen molar-refractivity contribution >= 4 is 11.7 Å². The van der Waals surface area contributed by atoms with E-state index in [2.05, 4.69) is 19.0 Å². The predicted octanol–water partition coefficient (Wildman–Crippen LogP) is 2.19. The van der Waals surface area contributed by atoms with E-state index in [4.69, 9.17) is 10.9 Å². The van der Waals surface area contributed by atoms with Crippen molar-refractivity contribution < 1.29 is 10.0 Å². The smallest absolute Gasteiger partial charge is 0.236 e. The van der Waals surface area contributed by atoms with Crippen molar-refractivity contribution in [3.05, 3.63) is 0 Å². The summed E-state index contributed by atoms with van der Waals surface area (Å²) >= 11 is 0. The highest BCUT2D eigenvalue weighted by Gasteiger charge is 2.45. The predicted molar refractivity (Wildman–Crippen MR) is 76.0 cm³/mol. The Labute approximate surface area is 115 Å². The minimum atomic E-state index is -0.780. The molecule has 0 bridgehead atoms. The molecule has 3 N–H and O–H groups in total. The number of nitrogens with zero attached hydrogens (tertiary/aromatic N) is 2. The molecule has 110 valence electrons. The summed E-state index contributed by atoms with van der Waals surface area (Å²) in [6, 6.07) is 0. The van der Waals surface area contributed by atoms with Crippen molar-refractivity contribution in [2.24, 2.45) is 22.2 Å². The molecular weight excluding hydrogens is 242 g/mol. The topological polar surface area (TPSA) is 78.9 Å². The molecule has 0 aliphatic heterocycles. The van der Waals surface area contributed by atoms with Gasteiger partial charge in [0.15, 0.2) is 5.84 Å². The minimum Gasteiger partial charge on any atom is -0.409 e. The van der Waals surface area contributed by atoms with Gasteiger partial charge in [0, 0.05) is 13.1 Å². The van der Waals surface area contributed by atoms with Crippen LogP contribution in [-0.4, -0.2) is 34.9 Å². The largest absolute Gasteiger partial charge is 0.409 e. The quantitative estimate of drug-likeness (QED) is 0.347. The lowest BCUT2D eigenvalue weighted by atomic mass is 9.72. The molecule has 0 spiro atoms. The molecule has 5 heteroatoms.